The Bertz CT molecular complexity index is 2360. The van der Waals surface area contributed by atoms with Crippen LogP contribution in [-0.2, 0) is 38.3 Å². The van der Waals surface area contributed by atoms with Gasteiger partial charge in [0.15, 0.2) is 23.5 Å². The van der Waals surface area contributed by atoms with Crippen molar-refractivity contribution in [3.8, 4) is 0 Å². The summed E-state index contributed by atoms with van der Waals surface area (Å²) in [5.74, 6) is -5.69. The molecule has 5 amide bonds. The number of imide groups is 1. The van der Waals surface area contributed by atoms with Crippen molar-refractivity contribution in [2.45, 2.75) is 112 Å². The molecule has 346 valence electrons. The third-order valence-electron chi connectivity index (χ3n) is 14.2. The first-order valence-corrected chi connectivity index (χ1v) is 22.3. The van der Waals surface area contributed by atoms with Gasteiger partial charge in [0.1, 0.15) is 30.5 Å². The number of rotatable bonds is 15. The number of alkyl halides is 2. The van der Waals surface area contributed by atoms with Crippen molar-refractivity contribution in [1.82, 2.24) is 15.5 Å². The molecule has 65 heavy (non-hydrogen) atoms. The molecule has 0 aromatic heterocycles. The van der Waals surface area contributed by atoms with Gasteiger partial charge in [-0.25, -0.2) is 8.78 Å². The molecule has 0 spiro atoms. The molecule has 15 nitrogen and oxygen atoms in total. The lowest BCUT2D eigenvalue weighted by atomic mass is 9.44. The second kappa shape index (κ2) is 18.1. The number of Topliss-reactive ketones (excluding diaryl/α,β-unsaturated/α-hetero) is 1. The minimum absolute atomic E-state index is 0.0138. The van der Waals surface area contributed by atoms with Crippen LogP contribution in [0.3, 0.4) is 0 Å². The number of hydrogen-bond donors (Lipinski definition) is 6. The highest BCUT2D eigenvalue weighted by atomic mass is 32.2. The molecule has 1 heterocycles. The van der Waals surface area contributed by atoms with Crippen LogP contribution in [0.1, 0.15) is 71.7 Å². The van der Waals surface area contributed by atoms with Gasteiger partial charge in [0, 0.05) is 62.9 Å². The Kier molecular flexibility index (Phi) is 13.3. The molecule has 11 atom stereocenters. The number of hydrogen-bond acceptors (Lipinski definition) is 12. The molecule has 0 unspecified atom stereocenters. The number of allylic oxidation sites excluding steroid dienone is 4. The lowest BCUT2D eigenvalue weighted by molar-refractivity contribution is -0.260. The molecule has 3 fully saturated rings. The van der Waals surface area contributed by atoms with E-state index in [0.717, 1.165) is 32.9 Å². The summed E-state index contributed by atoms with van der Waals surface area (Å²) >= 11 is 1.37. The molecule has 0 radical (unpaired) electrons. The number of nitrogens with one attached hydrogen (secondary N) is 3. The highest BCUT2D eigenvalue weighted by Gasteiger charge is 2.76. The summed E-state index contributed by atoms with van der Waals surface area (Å²) in [6.45, 7) is 4.99. The third-order valence-corrected chi connectivity index (χ3v) is 15.2. The molecular formula is C47H52F2N4O11S. The van der Waals surface area contributed by atoms with Crippen molar-refractivity contribution < 1.29 is 62.4 Å². The average molecular weight is 919 g/mol. The Morgan fingerprint density at radius 1 is 0.908 bits per heavy atom. The van der Waals surface area contributed by atoms with E-state index < -0.39 is 112 Å². The van der Waals surface area contributed by atoms with E-state index in [-0.39, 0.29) is 49.8 Å². The summed E-state index contributed by atoms with van der Waals surface area (Å²) in [4.78, 5) is 89.7. The van der Waals surface area contributed by atoms with E-state index in [1.807, 2.05) is 0 Å². The van der Waals surface area contributed by atoms with Crippen molar-refractivity contribution in [2.24, 2.45) is 22.7 Å². The van der Waals surface area contributed by atoms with Gasteiger partial charge in [-0.3, -0.25) is 38.5 Å². The van der Waals surface area contributed by atoms with Crippen LogP contribution in [-0.4, -0.2) is 110 Å². The van der Waals surface area contributed by atoms with Crippen molar-refractivity contribution in [2.75, 3.05) is 18.5 Å². The van der Waals surface area contributed by atoms with Crippen LogP contribution >= 0.6 is 11.8 Å². The number of carbonyl (C=O) groups excluding carboxylic acids is 7. The molecule has 3 saturated carbocycles. The van der Waals surface area contributed by atoms with Gasteiger partial charge in [-0.1, -0.05) is 36.9 Å². The van der Waals surface area contributed by atoms with Crippen LogP contribution in [0.4, 0.5) is 14.5 Å². The Morgan fingerprint density at radius 2 is 1.52 bits per heavy atom. The molecule has 5 aliphatic rings. The van der Waals surface area contributed by atoms with E-state index in [1.54, 1.807) is 55.5 Å². The van der Waals surface area contributed by atoms with E-state index >= 15 is 8.78 Å². The molecule has 0 bridgehead atoms. The number of halogens is 2. The number of carbonyl (C=O) groups is 7. The zero-order valence-electron chi connectivity index (χ0n) is 36.2. The first-order chi connectivity index (χ1) is 30.7. The molecule has 18 heteroatoms. The van der Waals surface area contributed by atoms with E-state index in [1.165, 1.54) is 44.7 Å². The monoisotopic (exact) mass is 918 g/mol. The number of benzene rings is 2. The summed E-state index contributed by atoms with van der Waals surface area (Å²) in [6, 6.07) is 11.5. The SMILES string of the molecule is C[C@H](NC(=O)CCN1C(=O)C=CC1=O)C(=O)N[C@@H](C)C(=O)Nc1ccc(Sc2ccc([C@@H](O)O[C@]3(C(=O)CO)CC[C@H]4[C@@H]5C[C@H](F)C6=CC(=O)C=C[C@]6(C)[C@@]5(F)[C@@H](O)C[C@@]43C)cc2)cc1. The summed E-state index contributed by atoms with van der Waals surface area (Å²) in [7, 11) is 0. The molecule has 7 rings (SSSR count). The number of amides is 5. The van der Waals surface area contributed by atoms with Crippen molar-refractivity contribution in [3.05, 3.63) is 90.0 Å². The zero-order chi connectivity index (χ0) is 47.2. The average Bonchev–Trinajstić information content (AvgIpc) is 3.75. The fourth-order valence-electron chi connectivity index (χ4n) is 10.6. The maximum atomic E-state index is 17.6. The fraction of sp³-hybridized carbons (Fsp3) is 0.468. The Labute approximate surface area is 378 Å². The Balaban J connectivity index is 0.939. The maximum absolute atomic E-state index is 17.6. The molecule has 6 N–H and O–H groups in total. The standard InChI is InChI=1S/C47H52F2N4O11S/c1-25(50-38(58)17-20-53-39(59)13-14-40(53)60)41(61)51-26(2)42(62)52-28-7-11-31(12-8-28)65-30-9-5-27(6-10-30)43(63)64-46(37(57)24-54)19-16-32-33-22-35(48)34-21-29(55)15-18-44(34,3)47(33,49)36(56)23-45(32,46)4/h5-15,18,21,25-26,32-33,35-36,43,54,56,63H,16-17,19-20,22-24H2,1-4H3,(H,50,58)(H,51,61)(H,52,62)/t25-,26-,32-,33-,35-,36-,43-,44-,45-,46-,47-/m0/s1. The number of fused-ring (bicyclic) bond motifs is 5. The maximum Gasteiger partial charge on any atom is 0.253 e. The van der Waals surface area contributed by atoms with Gasteiger partial charge in [-0.2, -0.15) is 0 Å². The second-order valence-corrected chi connectivity index (χ2v) is 19.0. The first kappa shape index (κ1) is 47.6. The van der Waals surface area contributed by atoms with Crippen LogP contribution in [0, 0.1) is 22.7 Å². The molecule has 4 aliphatic carbocycles. The summed E-state index contributed by atoms with van der Waals surface area (Å²) in [6.07, 6.45) is 0.199. The predicted molar refractivity (Wildman–Crippen MR) is 231 cm³/mol. The summed E-state index contributed by atoms with van der Waals surface area (Å²) < 4.78 is 39.8. The summed E-state index contributed by atoms with van der Waals surface area (Å²) in [5.41, 5.74) is -6.43. The number of aliphatic hydroxyl groups is 3. The number of nitrogens with zero attached hydrogens (tertiary/aromatic N) is 1. The van der Waals surface area contributed by atoms with E-state index in [4.69, 9.17) is 4.74 Å². The molecular weight excluding hydrogens is 867 g/mol. The number of ketones is 2. The normalized spacial score (nSPS) is 31.6. The Morgan fingerprint density at radius 3 is 2.15 bits per heavy atom. The highest BCUT2D eigenvalue weighted by molar-refractivity contribution is 7.99. The smallest absolute Gasteiger partial charge is 0.253 e. The predicted octanol–water partition coefficient (Wildman–Crippen LogP) is 3.73. The number of anilines is 1. The lowest BCUT2D eigenvalue weighted by Crippen LogP contribution is -2.70. The van der Waals surface area contributed by atoms with Crippen molar-refractivity contribution in [1.29, 1.82) is 0 Å². The van der Waals surface area contributed by atoms with Gasteiger partial charge in [-0.15, -0.1) is 0 Å². The van der Waals surface area contributed by atoms with Crippen LogP contribution < -0.4 is 16.0 Å². The lowest BCUT2D eigenvalue weighted by Gasteiger charge is -2.63. The number of ether oxygens (including phenoxy) is 1. The van der Waals surface area contributed by atoms with E-state index in [2.05, 4.69) is 16.0 Å². The topological polar surface area (TPSA) is 229 Å². The van der Waals surface area contributed by atoms with Gasteiger partial charge in [-0.05, 0) is 106 Å². The van der Waals surface area contributed by atoms with Crippen LogP contribution in [0.15, 0.2) is 94.3 Å². The zero-order valence-corrected chi connectivity index (χ0v) is 37.0. The van der Waals surface area contributed by atoms with Gasteiger partial charge in [0.2, 0.25) is 17.7 Å². The molecule has 2 aromatic carbocycles. The van der Waals surface area contributed by atoms with E-state index in [0.29, 0.717) is 5.69 Å². The first-order valence-electron chi connectivity index (χ1n) is 21.5. The minimum atomic E-state index is -2.37. The van der Waals surface area contributed by atoms with Gasteiger partial charge in [0.25, 0.3) is 11.8 Å². The second-order valence-electron chi connectivity index (χ2n) is 17.9. The third kappa shape index (κ3) is 8.50. The van der Waals surface area contributed by atoms with Gasteiger partial charge in [0.05, 0.1) is 6.10 Å². The molecule has 2 aromatic rings. The quantitative estimate of drug-likeness (QED) is 0.111. The number of aliphatic hydroxyl groups excluding tert-OH is 3. The van der Waals surface area contributed by atoms with Crippen LogP contribution in [0.25, 0.3) is 0 Å². The van der Waals surface area contributed by atoms with Crippen LogP contribution in [0.5, 0.6) is 0 Å². The van der Waals surface area contributed by atoms with Crippen molar-refractivity contribution >= 4 is 58.6 Å². The van der Waals surface area contributed by atoms with Gasteiger partial charge < -0.3 is 36.0 Å². The van der Waals surface area contributed by atoms with E-state index in [9.17, 15) is 48.9 Å². The largest absolute Gasteiger partial charge is 0.390 e. The van der Waals surface area contributed by atoms with Gasteiger partial charge >= 0.3 is 0 Å². The van der Waals surface area contributed by atoms with Crippen molar-refractivity contribution in [3.63, 3.8) is 0 Å². The molecule has 1 aliphatic heterocycles. The van der Waals surface area contributed by atoms with Crippen LogP contribution in [0.2, 0.25) is 0 Å². The fourth-order valence-corrected chi connectivity index (χ4v) is 11.5. The molecule has 0 saturated heterocycles. The summed E-state index contributed by atoms with van der Waals surface area (Å²) in [5, 5.41) is 41.2. The Hall–Kier alpha value is -5.40. The highest BCUT2D eigenvalue weighted by Crippen LogP contribution is 2.71. The minimum Gasteiger partial charge on any atom is -0.390 e.